The molecule has 0 radical (unpaired) electrons. The zero-order valence-electron chi connectivity index (χ0n) is 7.95. The van der Waals surface area contributed by atoms with Crippen LogP contribution in [0.2, 0.25) is 10.0 Å². The van der Waals surface area contributed by atoms with Crippen molar-refractivity contribution < 1.29 is 4.74 Å². The van der Waals surface area contributed by atoms with Gasteiger partial charge in [-0.1, -0.05) is 23.2 Å². The molecule has 2 aromatic rings. The van der Waals surface area contributed by atoms with Crippen LogP contribution in [0.1, 0.15) is 0 Å². The van der Waals surface area contributed by atoms with Crippen molar-refractivity contribution in [3.05, 3.63) is 51.2 Å². The summed E-state index contributed by atoms with van der Waals surface area (Å²) < 4.78 is 6.38. The molecule has 5 heteroatoms. The first-order chi connectivity index (χ1) is 7.66. The maximum atomic E-state index is 5.99. The summed E-state index contributed by atoms with van der Waals surface area (Å²) in [6.07, 6.45) is 3.29. The molecule has 0 aliphatic heterocycles. The number of rotatable bonds is 2. The number of hydrogen-bond acceptors (Lipinski definition) is 2. The van der Waals surface area contributed by atoms with Gasteiger partial charge in [0.15, 0.2) is 0 Å². The predicted molar refractivity (Wildman–Crippen MR) is 68.5 cm³/mol. The van der Waals surface area contributed by atoms with Gasteiger partial charge in [0.25, 0.3) is 0 Å². The Morgan fingerprint density at radius 3 is 2.62 bits per heavy atom. The highest BCUT2D eigenvalue weighted by atomic mass is 79.9. The number of pyridine rings is 1. The van der Waals surface area contributed by atoms with Gasteiger partial charge in [0.05, 0.1) is 9.50 Å². The van der Waals surface area contributed by atoms with E-state index in [0.717, 1.165) is 4.47 Å². The molecule has 0 amide bonds. The Morgan fingerprint density at radius 2 is 1.94 bits per heavy atom. The Bertz CT molecular complexity index is 519. The lowest BCUT2D eigenvalue weighted by atomic mass is 10.3. The van der Waals surface area contributed by atoms with E-state index >= 15 is 0 Å². The van der Waals surface area contributed by atoms with Gasteiger partial charge in [0.1, 0.15) is 11.5 Å². The van der Waals surface area contributed by atoms with Crippen LogP contribution in [-0.2, 0) is 0 Å². The number of halogens is 3. The second kappa shape index (κ2) is 5.04. The van der Waals surface area contributed by atoms with E-state index in [1.165, 1.54) is 0 Å². The van der Waals surface area contributed by atoms with E-state index in [2.05, 4.69) is 20.9 Å². The van der Waals surface area contributed by atoms with Crippen LogP contribution in [0.15, 0.2) is 41.1 Å². The average molecular weight is 319 g/mol. The second-order valence-electron chi connectivity index (χ2n) is 2.98. The lowest BCUT2D eigenvalue weighted by Crippen LogP contribution is -1.87. The number of hydrogen-bond donors (Lipinski definition) is 0. The summed E-state index contributed by atoms with van der Waals surface area (Å²) in [4.78, 5) is 3.94. The van der Waals surface area contributed by atoms with E-state index in [9.17, 15) is 0 Å². The van der Waals surface area contributed by atoms with Crippen molar-refractivity contribution >= 4 is 39.1 Å². The third-order valence-electron chi connectivity index (χ3n) is 1.85. The average Bonchev–Trinajstić information content (AvgIpc) is 2.25. The minimum atomic E-state index is 0.469. The first-order valence-corrected chi connectivity index (χ1v) is 5.94. The number of nitrogens with zero attached hydrogens (tertiary/aromatic N) is 1. The molecule has 0 fully saturated rings. The smallest absolute Gasteiger partial charge is 0.146 e. The van der Waals surface area contributed by atoms with Crippen molar-refractivity contribution in [2.75, 3.05) is 0 Å². The highest BCUT2D eigenvalue weighted by Gasteiger charge is 2.06. The van der Waals surface area contributed by atoms with E-state index < -0.39 is 0 Å². The van der Waals surface area contributed by atoms with E-state index in [1.54, 1.807) is 36.7 Å². The van der Waals surface area contributed by atoms with Crippen molar-refractivity contribution in [2.24, 2.45) is 0 Å². The third-order valence-corrected chi connectivity index (χ3v) is 2.98. The van der Waals surface area contributed by atoms with Gasteiger partial charge in [0, 0.05) is 23.5 Å². The van der Waals surface area contributed by atoms with Crippen LogP contribution in [0.4, 0.5) is 0 Å². The topological polar surface area (TPSA) is 22.1 Å². The van der Waals surface area contributed by atoms with Crippen LogP contribution in [0.5, 0.6) is 11.5 Å². The lowest BCUT2D eigenvalue weighted by molar-refractivity contribution is 0.479. The summed E-state index contributed by atoms with van der Waals surface area (Å²) >= 11 is 15.1. The number of aromatic nitrogens is 1. The number of ether oxygens (including phenoxy) is 1. The highest BCUT2D eigenvalue weighted by Crippen LogP contribution is 2.34. The van der Waals surface area contributed by atoms with Gasteiger partial charge in [-0.05, 0) is 34.1 Å². The monoisotopic (exact) mass is 317 g/mol. The first kappa shape index (κ1) is 11.7. The zero-order chi connectivity index (χ0) is 11.5. The summed E-state index contributed by atoms with van der Waals surface area (Å²) in [6.45, 7) is 0. The van der Waals surface area contributed by atoms with Gasteiger partial charge in [-0.3, -0.25) is 4.98 Å². The SMILES string of the molecule is Clc1ccc(Oc2ccncc2Br)c(Cl)c1. The fourth-order valence-corrected chi connectivity index (χ4v) is 1.90. The van der Waals surface area contributed by atoms with Crippen LogP contribution in [0.3, 0.4) is 0 Å². The second-order valence-corrected chi connectivity index (χ2v) is 4.68. The van der Waals surface area contributed by atoms with E-state index in [0.29, 0.717) is 21.5 Å². The Kier molecular flexibility index (Phi) is 3.69. The largest absolute Gasteiger partial charge is 0.454 e. The zero-order valence-corrected chi connectivity index (χ0v) is 11.1. The summed E-state index contributed by atoms with van der Waals surface area (Å²) in [7, 11) is 0. The Morgan fingerprint density at radius 1 is 1.12 bits per heavy atom. The molecule has 1 heterocycles. The summed E-state index contributed by atoms with van der Waals surface area (Å²) in [6, 6.07) is 6.82. The minimum Gasteiger partial charge on any atom is -0.454 e. The highest BCUT2D eigenvalue weighted by molar-refractivity contribution is 9.10. The molecule has 2 nitrogen and oxygen atoms in total. The van der Waals surface area contributed by atoms with E-state index in [1.807, 2.05) is 0 Å². The summed E-state index contributed by atoms with van der Waals surface area (Å²) in [5, 5.41) is 1.04. The minimum absolute atomic E-state index is 0.469. The molecule has 1 aromatic heterocycles. The summed E-state index contributed by atoms with van der Waals surface area (Å²) in [5.74, 6) is 1.21. The van der Waals surface area contributed by atoms with Gasteiger partial charge in [-0.25, -0.2) is 0 Å². The molecule has 1 aromatic carbocycles. The molecule has 0 bridgehead atoms. The van der Waals surface area contributed by atoms with Gasteiger partial charge < -0.3 is 4.74 Å². The Balaban J connectivity index is 2.31. The van der Waals surface area contributed by atoms with Gasteiger partial charge in [-0.15, -0.1) is 0 Å². The van der Waals surface area contributed by atoms with Crippen LogP contribution < -0.4 is 4.74 Å². The van der Waals surface area contributed by atoms with Gasteiger partial charge in [0.2, 0.25) is 0 Å². The molecule has 82 valence electrons. The van der Waals surface area contributed by atoms with E-state index in [-0.39, 0.29) is 0 Å². The van der Waals surface area contributed by atoms with Crippen molar-refractivity contribution in [1.29, 1.82) is 0 Å². The third kappa shape index (κ3) is 2.67. The van der Waals surface area contributed by atoms with Crippen molar-refractivity contribution in [1.82, 2.24) is 4.98 Å². The Labute approximate surface area is 111 Å². The fraction of sp³-hybridized carbons (Fsp3) is 0. The summed E-state index contributed by atoms with van der Waals surface area (Å²) in [5.41, 5.74) is 0. The van der Waals surface area contributed by atoms with Crippen molar-refractivity contribution in [3.8, 4) is 11.5 Å². The van der Waals surface area contributed by atoms with E-state index in [4.69, 9.17) is 27.9 Å². The quantitative estimate of drug-likeness (QED) is 0.782. The molecule has 0 saturated heterocycles. The predicted octanol–water partition coefficient (Wildman–Crippen LogP) is 4.94. The first-order valence-electron chi connectivity index (χ1n) is 4.39. The molecule has 0 spiro atoms. The molecular formula is C11H6BrCl2NO. The number of benzene rings is 1. The molecule has 0 saturated carbocycles. The maximum absolute atomic E-state index is 5.99. The van der Waals surface area contributed by atoms with Crippen LogP contribution in [0.25, 0.3) is 0 Å². The molecule has 2 rings (SSSR count). The molecule has 0 aliphatic carbocycles. The standard InChI is InChI=1S/C11H6BrCl2NO/c12-8-6-15-4-3-10(8)16-11-2-1-7(13)5-9(11)14/h1-6H. The lowest BCUT2D eigenvalue weighted by Gasteiger charge is -2.08. The fourth-order valence-electron chi connectivity index (χ4n) is 1.12. The van der Waals surface area contributed by atoms with Crippen LogP contribution in [0, 0.1) is 0 Å². The molecular weight excluding hydrogens is 313 g/mol. The normalized spacial score (nSPS) is 10.2. The maximum Gasteiger partial charge on any atom is 0.146 e. The van der Waals surface area contributed by atoms with Gasteiger partial charge in [-0.2, -0.15) is 0 Å². The van der Waals surface area contributed by atoms with Crippen molar-refractivity contribution in [3.63, 3.8) is 0 Å². The Hall–Kier alpha value is -0.770. The molecule has 0 atom stereocenters. The van der Waals surface area contributed by atoms with Crippen LogP contribution >= 0.6 is 39.1 Å². The molecule has 0 unspecified atom stereocenters. The van der Waals surface area contributed by atoms with Crippen molar-refractivity contribution in [2.45, 2.75) is 0 Å². The molecule has 0 N–H and O–H groups in total. The van der Waals surface area contributed by atoms with Crippen LogP contribution in [-0.4, -0.2) is 4.98 Å². The molecule has 0 aliphatic rings. The van der Waals surface area contributed by atoms with Gasteiger partial charge >= 0.3 is 0 Å². The molecule has 16 heavy (non-hydrogen) atoms.